The minimum Gasteiger partial charge on any atom is -0.400 e. The number of hydrogen-bond donors (Lipinski definition) is 2. The Morgan fingerprint density at radius 1 is 1.28 bits per heavy atom. The van der Waals surface area contributed by atoms with Gasteiger partial charge in [0, 0.05) is 46.9 Å². The maximum absolute atomic E-state index is 12.5. The normalized spacial score (nSPS) is 24.0. The first-order valence-electron chi connectivity index (χ1n) is 8.55. The fraction of sp³-hybridized carbons (Fsp3) is 0.688. The van der Waals surface area contributed by atoms with Crippen LogP contribution in [0.25, 0.3) is 0 Å². The molecule has 0 aliphatic carbocycles. The smallest absolute Gasteiger partial charge is 0.400 e. The first-order valence-corrected chi connectivity index (χ1v) is 8.55. The highest BCUT2D eigenvalue weighted by molar-refractivity contribution is 6.54. The van der Waals surface area contributed by atoms with Crippen molar-refractivity contribution in [3.05, 3.63) is 23.9 Å². The Balaban J connectivity index is 0.00000225. The van der Waals surface area contributed by atoms with Crippen molar-refractivity contribution in [3.63, 3.8) is 0 Å². The van der Waals surface area contributed by atoms with Gasteiger partial charge < -0.3 is 19.6 Å². The van der Waals surface area contributed by atoms with Gasteiger partial charge in [0.25, 0.3) is 0 Å². The largest absolute Gasteiger partial charge is 0.492 e. The van der Waals surface area contributed by atoms with Crippen LogP contribution >= 0.6 is 0 Å². The molecule has 3 aliphatic heterocycles. The molecule has 0 aromatic carbocycles. The second kappa shape index (κ2) is 7.43. The fourth-order valence-electron chi connectivity index (χ4n) is 2.94. The average molecular weight is 345 g/mol. The number of carbonyl (C=O) groups is 1. The van der Waals surface area contributed by atoms with Gasteiger partial charge in [-0.3, -0.25) is 9.80 Å². The first-order chi connectivity index (χ1) is 11.3. The molecule has 0 aromatic rings. The molecule has 0 aromatic heterocycles. The molecule has 9 heteroatoms. The van der Waals surface area contributed by atoms with E-state index in [1.165, 1.54) is 0 Å². The van der Waals surface area contributed by atoms with Crippen LogP contribution in [0.1, 0.15) is 40.5 Å². The van der Waals surface area contributed by atoms with Crippen LogP contribution in [-0.4, -0.2) is 62.2 Å². The summed E-state index contributed by atoms with van der Waals surface area (Å²) in [5, 5.41) is 1.85. The van der Waals surface area contributed by atoms with Gasteiger partial charge in [0.05, 0.1) is 11.2 Å². The molecule has 0 saturated carbocycles. The van der Waals surface area contributed by atoms with Crippen LogP contribution in [-0.2, 0) is 14.1 Å². The zero-order valence-corrected chi connectivity index (χ0v) is 15.5. The Hall–Kier alpha value is -1.44. The fourth-order valence-corrected chi connectivity index (χ4v) is 2.94. The van der Waals surface area contributed by atoms with E-state index < -0.39 is 0 Å². The third-order valence-corrected chi connectivity index (χ3v) is 5.20. The highest BCUT2D eigenvalue weighted by Crippen LogP contribution is 2.39. The van der Waals surface area contributed by atoms with Crippen LogP contribution in [0.3, 0.4) is 0 Å². The lowest BCUT2D eigenvalue weighted by molar-refractivity contribution is -0.131. The van der Waals surface area contributed by atoms with Crippen molar-refractivity contribution in [2.45, 2.75) is 51.7 Å². The number of amides is 1. The second-order valence-corrected chi connectivity index (χ2v) is 7.49. The minimum atomic E-state index is -0.363. The summed E-state index contributed by atoms with van der Waals surface area (Å²) in [6.07, 6.45) is 7.13. The second-order valence-electron chi connectivity index (χ2n) is 7.49. The first kappa shape index (κ1) is 19.9. The molecule has 7 nitrogen and oxygen atoms in total. The van der Waals surface area contributed by atoms with Gasteiger partial charge in [-0.25, -0.2) is 0 Å². The molecule has 3 radical (unpaired) electrons. The summed E-state index contributed by atoms with van der Waals surface area (Å²) in [4.78, 5) is 14.4. The van der Waals surface area contributed by atoms with Crippen molar-refractivity contribution in [1.82, 2.24) is 20.9 Å². The minimum absolute atomic E-state index is 0. The molecule has 1 amide bonds. The standard InChI is InChI=1S/C16H27BN4O3.B/c1-15(2)16(3,4)24-17(23-15)13-6-5-9-20(12-13)14(22)7-10-21-11-8-18-19-21;/h6,8,11,18-19H,5,7,9-10,12H2,1-4H3;. The molecule has 1 saturated heterocycles. The zero-order valence-electron chi connectivity index (χ0n) is 15.5. The van der Waals surface area contributed by atoms with Gasteiger partial charge in [-0.2, -0.15) is 0 Å². The lowest BCUT2D eigenvalue weighted by Crippen LogP contribution is -2.42. The number of nitrogens with zero attached hydrogens (tertiary/aromatic N) is 2. The number of nitrogens with one attached hydrogen (secondary N) is 2. The number of hydrazine groups is 2. The van der Waals surface area contributed by atoms with Crippen LogP contribution in [0.15, 0.2) is 23.9 Å². The summed E-state index contributed by atoms with van der Waals surface area (Å²) in [5.74, 6) is 0.152. The lowest BCUT2D eigenvalue weighted by atomic mass is 9.76. The maximum atomic E-state index is 12.5. The SMILES string of the molecule is CC1(C)OB(C2=CCCN(C(=O)CCN3C=CNN3)C2)OC1(C)C.[B]. The van der Waals surface area contributed by atoms with Gasteiger partial charge in [-0.15, -0.1) is 5.53 Å². The number of carbonyl (C=O) groups excluding carboxylic acids is 1. The Morgan fingerprint density at radius 3 is 2.56 bits per heavy atom. The van der Waals surface area contributed by atoms with Crippen LogP contribution < -0.4 is 11.0 Å². The predicted octanol–water partition coefficient (Wildman–Crippen LogP) is 0.582. The van der Waals surface area contributed by atoms with Gasteiger partial charge in [-0.05, 0) is 39.6 Å². The monoisotopic (exact) mass is 345 g/mol. The summed E-state index contributed by atoms with van der Waals surface area (Å²) in [6.45, 7) is 10.1. The summed E-state index contributed by atoms with van der Waals surface area (Å²) in [6, 6.07) is 0. The van der Waals surface area contributed by atoms with Crippen molar-refractivity contribution in [3.8, 4) is 0 Å². The molecule has 1 fully saturated rings. The van der Waals surface area contributed by atoms with Crippen molar-refractivity contribution in [1.29, 1.82) is 0 Å². The molecule has 0 unspecified atom stereocenters. The van der Waals surface area contributed by atoms with Crippen LogP contribution in [0, 0.1) is 0 Å². The van der Waals surface area contributed by atoms with Crippen molar-refractivity contribution in [2.75, 3.05) is 19.6 Å². The van der Waals surface area contributed by atoms with Crippen LogP contribution in [0.4, 0.5) is 0 Å². The third kappa shape index (κ3) is 4.22. The zero-order chi connectivity index (χ0) is 17.4. The number of rotatable bonds is 4. The Bertz CT molecular complexity index is 550. The maximum Gasteiger partial charge on any atom is 0.492 e. The molecular weight excluding hydrogens is 318 g/mol. The van der Waals surface area contributed by atoms with E-state index >= 15 is 0 Å². The van der Waals surface area contributed by atoms with E-state index in [-0.39, 0.29) is 32.6 Å². The quantitative estimate of drug-likeness (QED) is 0.727. The summed E-state index contributed by atoms with van der Waals surface area (Å²) < 4.78 is 12.2. The van der Waals surface area contributed by atoms with E-state index in [1.807, 2.05) is 43.8 Å². The van der Waals surface area contributed by atoms with E-state index in [1.54, 1.807) is 6.20 Å². The number of hydrogen-bond acceptors (Lipinski definition) is 6. The van der Waals surface area contributed by atoms with Crippen molar-refractivity contribution in [2.24, 2.45) is 0 Å². The molecule has 0 bridgehead atoms. The van der Waals surface area contributed by atoms with Gasteiger partial charge in [0.1, 0.15) is 0 Å². The van der Waals surface area contributed by atoms with Gasteiger partial charge in [0.15, 0.2) is 0 Å². The highest BCUT2D eigenvalue weighted by Gasteiger charge is 2.52. The molecule has 3 aliphatic rings. The van der Waals surface area contributed by atoms with E-state index in [9.17, 15) is 4.79 Å². The van der Waals surface area contributed by atoms with Crippen LogP contribution in [0.2, 0.25) is 0 Å². The van der Waals surface area contributed by atoms with Crippen molar-refractivity contribution < 1.29 is 14.1 Å². The van der Waals surface area contributed by atoms with E-state index in [4.69, 9.17) is 9.31 Å². The van der Waals surface area contributed by atoms with E-state index in [0.29, 0.717) is 19.5 Å². The molecule has 2 N–H and O–H groups in total. The lowest BCUT2D eigenvalue weighted by Gasteiger charge is -2.32. The third-order valence-electron chi connectivity index (χ3n) is 5.20. The molecule has 0 spiro atoms. The molecule has 25 heavy (non-hydrogen) atoms. The van der Waals surface area contributed by atoms with Gasteiger partial charge >= 0.3 is 7.12 Å². The van der Waals surface area contributed by atoms with Gasteiger partial charge in [0.2, 0.25) is 5.91 Å². The molecule has 0 atom stereocenters. The Labute approximate surface area is 152 Å². The average Bonchev–Trinajstić information content (AvgIpc) is 3.11. The summed E-state index contributed by atoms with van der Waals surface area (Å²) in [7, 11) is -0.363. The highest BCUT2D eigenvalue weighted by atomic mass is 16.7. The van der Waals surface area contributed by atoms with Crippen molar-refractivity contribution >= 4 is 21.4 Å². The Morgan fingerprint density at radius 2 is 1.96 bits per heavy atom. The molecule has 3 heterocycles. The van der Waals surface area contributed by atoms with Gasteiger partial charge in [-0.1, -0.05) is 6.08 Å². The summed E-state index contributed by atoms with van der Waals surface area (Å²) >= 11 is 0. The van der Waals surface area contributed by atoms with E-state index in [2.05, 4.69) is 17.0 Å². The Kier molecular flexibility index (Phi) is 5.91. The predicted molar refractivity (Wildman–Crippen MR) is 97.9 cm³/mol. The topological polar surface area (TPSA) is 66.1 Å². The van der Waals surface area contributed by atoms with Crippen LogP contribution in [0.5, 0.6) is 0 Å². The van der Waals surface area contributed by atoms with E-state index in [0.717, 1.165) is 18.4 Å². The summed E-state index contributed by atoms with van der Waals surface area (Å²) in [5.41, 5.74) is 6.14. The molecule has 3 rings (SSSR count). The molecule has 135 valence electrons. The molecular formula is C16H27B2N4O3.